The lowest BCUT2D eigenvalue weighted by Gasteiger charge is -2.29. The van der Waals surface area contributed by atoms with E-state index in [-0.39, 0.29) is 11.9 Å². The fraction of sp³-hybridized carbons (Fsp3) is 0.929. The van der Waals surface area contributed by atoms with Crippen LogP contribution in [0.4, 0.5) is 0 Å². The molecule has 0 spiro atoms. The summed E-state index contributed by atoms with van der Waals surface area (Å²) in [7, 11) is 1.47. The Bertz CT molecular complexity index is 253. The Balaban J connectivity index is 1.62. The summed E-state index contributed by atoms with van der Waals surface area (Å²) in [5.41, 5.74) is 0. The van der Waals surface area contributed by atoms with Crippen LogP contribution in [0.15, 0.2) is 0 Å². The molecule has 0 bridgehead atoms. The molecule has 1 saturated carbocycles. The summed E-state index contributed by atoms with van der Waals surface area (Å²) < 4.78 is 16.1. The zero-order chi connectivity index (χ0) is 12.8. The van der Waals surface area contributed by atoms with Crippen molar-refractivity contribution in [2.24, 2.45) is 11.8 Å². The van der Waals surface area contributed by atoms with E-state index in [4.69, 9.17) is 14.2 Å². The van der Waals surface area contributed by atoms with Crippen LogP contribution in [-0.4, -0.2) is 39.0 Å². The first-order valence-corrected chi connectivity index (χ1v) is 7.06. The Morgan fingerprint density at radius 3 is 2.39 bits per heavy atom. The molecular formula is C14H24O4. The van der Waals surface area contributed by atoms with E-state index in [1.807, 2.05) is 0 Å². The van der Waals surface area contributed by atoms with Crippen LogP contribution in [0.5, 0.6) is 0 Å². The second-order valence-electron chi connectivity index (χ2n) is 5.39. The Labute approximate surface area is 109 Å². The van der Waals surface area contributed by atoms with Crippen molar-refractivity contribution in [3.63, 3.8) is 0 Å². The maximum Gasteiger partial charge on any atom is 0.308 e. The van der Waals surface area contributed by atoms with Gasteiger partial charge in [-0.3, -0.25) is 4.79 Å². The number of hydrogen-bond acceptors (Lipinski definition) is 4. The SMILES string of the molecule is COC(=O)C1CCC(OCC2CCOCC2)CC1. The van der Waals surface area contributed by atoms with Crippen LogP contribution in [0.1, 0.15) is 38.5 Å². The highest BCUT2D eigenvalue weighted by molar-refractivity contribution is 5.72. The number of carbonyl (C=O) groups excluding carboxylic acids is 1. The third-order valence-electron chi connectivity index (χ3n) is 4.12. The van der Waals surface area contributed by atoms with Crippen molar-refractivity contribution in [3.8, 4) is 0 Å². The fourth-order valence-corrected chi connectivity index (χ4v) is 2.82. The molecule has 0 aromatic carbocycles. The molecular weight excluding hydrogens is 232 g/mol. The molecule has 0 aromatic heterocycles. The molecule has 1 aliphatic heterocycles. The van der Waals surface area contributed by atoms with Gasteiger partial charge in [-0.1, -0.05) is 0 Å². The molecule has 1 heterocycles. The Kier molecular flexibility index (Phi) is 5.45. The molecule has 1 aliphatic carbocycles. The van der Waals surface area contributed by atoms with E-state index in [2.05, 4.69) is 0 Å². The van der Waals surface area contributed by atoms with Crippen LogP contribution in [0.3, 0.4) is 0 Å². The summed E-state index contributed by atoms with van der Waals surface area (Å²) in [6, 6.07) is 0. The van der Waals surface area contributed by atoms with Crippen molar-refractivity contribution in [2.75, 3.05) is 26.9 Å². The van der Waals surface area contributed by atoms with Gasteiger partial charge in [0.15, 0.2) is 0 Å². The minimum atomic E-state index is -0.0575. The molecule has 0 unspecified atom stereocenters. The van der Waals surface area contributed by atoms with E-state index in [9.17, 15) is 4.79 Å². The van der Waals surface area contributed by atoms with Crippen LogP contribution < -0.4 is 0 Å². The minimum absolute atomic E-state index is 0.0575. The molecule has 0 aromatic rings. The van der Waals surface area contributed by atoms with Gasteiger partial charge in [0.25, 0.3) is 0 Å². The highest BCUT2D eigenvalue weighted by atomic mass is 16.5. The molecule has 104 valence electrons. The smallest absolute Gasteiger partial charge is 0.308 e. The van der Waals surface area contributed by atoms with E-state index in [0.29, 0.717) is 12.0 Å². The number of carbonyl (C=O) groups is 1. The second-order valence-corrected chi connectivity index (χ2v) is 5.39. The van der Waals surface area contributed by atoms with Crippen molar-refractivity contribution < 1.29 is 19.0 Å². The number of rotatable bonds is 4. The van der Waals surface area contributed by atoms with Gasteiger partial charge in [-0.05, 0) is 44.4 Å². The van der Waals surface area contributed by atoms with Crippen LogP contribution in [0.25, 0.3) is 0 Å². The summed E-state index contributed by atoms with van der Waals surface area (Å²) in [6.07, 6.45) is 6.38. The van der Waals surface area contributed by atoms with Gasteiger partial charge in [0.1, 0.15) is 0 Å². The van der Waals surface area contributed by atoms with Crippen molar-refractivity contribution in [2.45, 2.75) is 44.6 Å². The maximum absolute atomic E-state index is 11.4. The molecule has 4 nitrogen and oxygen atoms in total. The van der Waals surface area contributed by atoms with E-state index in [0.717, 1.165) is 58.3 Å². The normalized spacial score (nSPS) is 30.1. The Morgan fingerprint density at radius 1 is 1.11 bits per heavy atom. The van der Waals surface area contributed by atoms with E-state index >= 15 is 0 Å². The standard InChI is InChI=1S/C14H24O4/c1-16-14(15)12-2-4-13(5-3-12)18-10-11-6-8-17-9-7-11/h11-13H,2-10H2,1H3. The van der Waals surface area contributed by atoms with Gasteiger partial charge >= 0.3 is 5.97 Å². The lowest BCUT2D eigenvalue weighted by Crippen LogP contribution is -2.29. The monoisotopic (exact) mass is 256 g/mol. The molecule has 2 fully saturated rings. The first-order chi connectivity index (χ1) is 8.79. The number of esters is 1. The Hall–Kier alpha value is -0.610. The number of hydrogen-bond donors (Lipinski definition) is 0. The first kappa shape index (κ1) is 13.8. The Morgan fingerprint density at radius 2 is 1.78 bits per heavy atom. The van der Waals surface area contributed by atoms with E-state index < -0.39 is 0 Å². The maximum atomic E-state index is 11.4. The topological polar surface area (TPSA) is 44.8 Å². The predicted octanol–water partition coefficient (Wildman–Crippen LogP) is 2.16. The zero-order valence-corrected chi connectivity index (χ0v) is 11.2. The predicted molar refractivity (Wildman–Crippen MR) is 67.3 cm³/mol. The molecule has 0 N–H and O–H groups in total. The third-order valence-corrected chi connectivity index (χ3v) is 4.12. The first-order valence-electron chi connectivity index (χ1n) is 7.06. The molecule has 2 aliphatic rings. The molecule has 0 atom stereocenters. The molecule has 18 heavy (non-hydrogen) atoms. The van der Waals surface area contributed by atoms with E-state index in [1.165, 1.54) is 7.11 Å². The number of methoxy groups -OCH3 is 1. The van der Waals surface area contributed by atoms with Crippen molar-refractivity contribution in [3.05, 3.63) is 0 Å². The lowest BCUT2D eigenvalue weighted by molar-refractivity contribution is -0.147. The van der Waals surface area contributed by atoms with Crippen molar-refractivity contribution >= 4 is 5.97 Å². The summed E-state index contributed by atoms with van der Waals surface area (Å²) in [6.45, 7) is 2.61. The summed E-state index contributed by atoms with van der Waals surface area (Å²) in [4.78, 5) is 11.4. The van der Waals surface area contributed by atoms with Crippen LogP contribution in [-0.2, 0) is 19.0 Å². The van der Waals surface area contributed by atoms with Crippen molar-refractivity contribution in [1.82, 2.24) is 0 Å². The van der Waals surface area contributed by atoms with Crippen molar-refractivity contribution in [1.29, 1.82) is 0 Å². The van der Waals surface area contributed by atoms with Gasteiger partial charge in [0.05, 0.1) is 19.1 Å². The molecule has 2 rings (SSSR count). The van der Waals surface area contributed by atoms with Gasteiger partial charge < -0.3 is 14.2 Å². The van der Waals surface area contributed by atoms with Gasteiger partial charge in [-0.15, -0.1) is 0 Å². The quantitative estimate of drug-likeness (QED) is 0.723. The number of ether oxygens (including phenoxy) is 3. The summed E-state index contributed by atoms with van der Waals surface area (Å²) >= 11 is 0. The van der Waals surface area contributed by atoms with Crippen LogP contribution in [0.2, 0.25) is 0 Å². The fourth-order valence-electron chi connectivity index (χ4n) is 2.82. The average molecular weight is 256 g/mol. The summed E-state index contributed by atoms with van der Waals surface area (Å²) in [5.74, 6) is 0.702. The largest absolute Gasteiger partial charge is 0.469 e. The van der Waals surface area contributed by atoms with Crippen LogP contribution in [0, 0.1) is 11.8 Å². The van der Waals surface area contributed by atoms with Gasteiger partial charge in [-0.25, -0.2) is 0 Å². The molecule has 4 heteroatoms. The molecule has 0 radical (unpaired) electrons. The highest BCUT2D eigenvalue weighted by Crippen LogP contribution is 2.28. The van der Waals surface area contributed by atoms with Crippen LogP contribution >= 0.6 is 0 Å². The molecule has 0 amide bonds. The second kappa shape index (κ2) is 7.10. The third kappa shape index (κ3) is 3.95. The summed E-state index contributed by atoms with van der Waals surface area (Å²) in [5, 5.41) is 0. The zero-order valence-electron chi connectivity index (χ0n) is 11.2. The van der Waals surface area contributed by atoms with E-state index in [1.54, 1.807) is 0 Å². The average Bonchev–Trinajstić information content (AvgIpc) is 2.46. The van der Waals surface area contributed by atoms with Gasteiger partial charge in [0, 0.05) is 19.8 Å². The minimum Gasteiger partial charge on any atom is -0.469 e. The molecule has 1 saturated heterocycles. The lowest BCUT2D eigenvalue weighted by atomic mass is 9.87. The van der Waals surface area contributed by atoms with Gasteiger partial charge in [-0.2, -0.15) is 0 Å². The highest BCUT2D eigenvalue weighted by Gasteiger charge is 2.27. The van der Waals surface area contributed by atoms with Gasteiger partial charge in [0.2, 0.25) is 0 Å².